The number of amides is 1. The molecule has 0 fully saturated rings. The van der Waals surface area contributed by atoms with Crippen LogP contribution in [0.2, 0.25) is 5.02 Å². The third-order valence-corrected chi connectivity index (χ3v) is 5.80. The van der Waals surface area contributed by atoms with E-state index in [4.69, 9.17) is 21.4 Å². The van der Waals surface area contributed by atoms with Crippen molar-refractivity contribution in [2.24, 2.45) is 0 Å². The lowest BCUT2D eigenvalue weighted by atomic mass is 9.98. The molecular formula is C26H22ClNO4. The van der Waals surface area contributed by atoms with Crippen LogP contribution in [0.15, 0.2) is 72.8 Å². The Morgan fingerprint density at radius 3 is 2.31 bits per heavy atom. The molecule has 0 atom stereocenters. The van der Waals surface area contributed by atoms with Crippen LogP contribution in [0.5, 0.6) is 0 Å². The minimum Gasteiger partial charge on any atom is -0.481 e. The van der Waals surface area contributed by atoms with Gasteiger partial charge in [-0.15, -0.1) is 0 Å². The molecule has 0 heterocycles. The molecule has 5 nitrogen and oxygen atoms in total. The molecule has 1 aliphatic carbocycles. The number of fused-ring (bicyclic) bond motifs is 3. The van der Waals surface area contributed by atoms with Gasteiger partial charge in [0.05, 0.1) is 6.42 Å². The van der Waals surface area contributed by atoms with E-state index in [2.05, 4.69) is 29.6 Å². The highest BCUT2D eigenvalue weighted by Crippen LogP contribution is 2.44. The minimum atomic E-state index is -0.940. The van der Waals surface area contributed by atoms with Gasteiger partial charge in [0.25, 0.3) is 0 Å². The van der Waals surface area contributed by atoms with E-state index in [0.29, 0.717) is 10.6 Å². The van der Waals surface area contributed by atoms with Gasteiger partial charge in [-0.1, -0.05) is 78.4 Å². The monoisotopic (exact) mass is 447 g/mol. The van der Waals surface area contributed by atoms with Crippen LogP contribution in [-0.2, 0) is 16.0 Å². The second-order valence-electron chi connectivity index (χ2n) is 7.53. The van der Waals surface area contributed by atoms with Crippen molar-refractivity contribution >= 4 is 29.7 Å². The SMILES string of the molecule is O=C(O)Cc1cc(C=CCNC(=O)OCC2c3ccccc3-c3ccccc32)ccc1Cl. The number of carbonyl (C=O) groups excluding carboxylic acids is 1. The molecule has 0 unspecified atom stereocenters. The molecule has 6 heteroatoms. The highest BCUT2D eigenvalue weighted by atomic mass is 35.5. The standard InChI is InChI=1S/C26H22ClNO4/c27-24-12-11-17(14-18(24)15-25(29)30)6-5-13-28-26(31)32-16-23-21-9-3-1-7-19(21)20-8-2-4-10-22(20)23/h1-12,14,23H,13,15-16H2,(H,28,31)(H,29,30). The lowest BCUT2D eigenvalue weighted by Gasteiger charge is -2.14. The Kier molecular flexibility index (Phi) is 6.57. The Hall–Kier alpha value is -3.57. The van der Waals surface area contributed by atoms with Crippen molar-refractivity contribution in [1.29, 1.82) is 0 Å². The lowest BCUT2D eigenvalue weighted by Crippen LogP contribution is -2.26. The van der Waals surface area contributed by atoms with Gasteiger partial charge in [0.1, 0.15) is 6.61 Å². The fraction of sp³-hybridized carbons (Fsp3) is 0.154. The summed E-state index contributed by atoms with van der Waals surface area (Å²) in [5.74, 6) is -0.921. The van der Waals surface area contributed by atoms with E-state index in [1.807, 2.05) is 24.3 Å². The summed E-state index contributed by atoms with van der Waals surface area (Å²) in [4.78, 5) is 23.1. The largest absolute Gasteiger partial charge is 0.481 e. The number of carbonyl (C=O) groups is 2. The summed E-state index contributed by atoms with van der Waals surface area (Å²) < 4.78 is 5.50. The molecular weight excluding hydrogens is 426 g/mol. The third-order valence-electron chi connectivity index (χ3n) is 5.43. The predicted molar refractivity (Wildman–Crippen MR) is 125 cm³/mol. The van der Waals surface area contributed by atoms with E-state index in [-0.39, 0.29) is 25.5 Å². The Morgan fingerprint density at radius 2 is 1.66 bits per heavy atom. The molecule has 32 heavy (non-hydrogen) atoms. The number of benzene rings is 3. The van der Waals surface area contributed by atoms with Gasteiger partial charge in [-0.3, -0.25) is 4.79 Å². The van der Waals surface area contributed by atoms with Crippen LogP contribution in [0.25, 0.3) is 17.2 Å². The van der Waals surface area contributed by atoms with Crippen molar-refractivity contribution < 1.29 is 19.4 Å². The highest BCUT2D eigenvalue weighted by Gasteiger charge is 2.28. The summed E-state index contributed by atoms with van der Waals surface area (Å²) in [6.07, 6.45) is 2.94. The van der Waals surface area contributed by atoms with Crippen molar-refractivity contribution in [3.05, 3.63) is 100 Å². The predicted octanol–water partition coefficient (Wildman–Crippen LogP) is 5.52. The number of nitrogens with one attached hydrogen (secondary N) is 1. The van der Waals surface area contributed by atoms with Gasteiger partial charge >= 0.3 is 12.1 Å². The molecule has 0 saturated carbocycles. The van der Waals surface area contributed by atoms with E-state index in [9.17, 15) is 9.59 Å². The molecule has 162 valence electrons. The molecule has 3 aromatic rings. The first-order chi connectivity index (χ1) is 15.5. The molecule has 0 aliphatic heterocycles. The van der Waals surface area contributed by atoms with Crippen LogP contribution in [0.4, 0.5) is 4.79 Å². The fourth-order valence-corrected chi connectivity index (χ4v) is 4.17. The first-order valence-electron chi connectivity index (χ1n) is 10.3. The number of halogens is 1. The highest BCUT2D eigenvalue weighted by molar-refractivity contribution is 6.31. The zero-order valence-electron chi connectivity index (χ0n) is 17.3. The average Bonchev–Trinajstić information content (AvgIpc) is 3.11. The van der Waals surface area contributed by atoms with Gasteiger partial charge < -0.3 is 15.2 Å². The molecule has 0 saturated heterocycles. The number of carboxylic acids is 1. The van der Waals surface area contributed by atoms with Crippen LogP contribution in [0.3, 0.4) is 0 Å². The molecule has 1 aliphatic rings. The number of rotatable bonds is 7. The number of aliphatic carboxylic acids is 1. The Morgan fingerprint density at radius 1 is 1.00 bits per heavy atom. The first kappa shape index (κ1) is 21.7. The van der Waals surface area contributed by atoms with Crippen LogP contribution in [0, 0.1) is 0 Å². The number of ether oxygens (including phenoxy) is 1. The van der Waals surface area contributed by atoms with Gasteiger partial charge in [0.15, 0.2) is 0 Å². The zero-order valence-corrected chi connectivity index (χ0v) is 18.0. The van der Waals surface area contributed by atoms with E-state index in [0.717, 1.165) is 5.56 Å². The maximum absolute atomic E-state index is 12.2. The molecule has 1 amide bonds. The Balaban J connectivity index is 1.31. The molecule has 0 aromatic heterocycles. The minimum absolute atomic E-state index is 0.0189. The smallest absolute Gasteiger partial charge is 0.407 e. The Bertz CT molecular complexity index is 1140. The van der Waals surface area contributed by atoms with Crippen molar-refractivity contribution in [3.8, 4) is 11.1 Å². The quantitative estimate of drug-likeness (QED) is 0.500. The summed E-state index contributed by atoms with van der Waals surface area (Å²) in [6, 6.07) is 21.6. The summed E-state index contributed by atoms with van der Waals surface area (Å²) in [7, 11) is 0. The van der Waals surface area contributed by atoms with Crippen molar-refractivity contribution in [2.75, 3.05) is 13.2 Å². The average molecular weight is 448 g/mol. The van der Waals surface area contributed by atoms with E-state index in [1.54, 1.807) is 30.4 Å². The van der Waals surface area contributed by atoms with Crippen LogP contribution < -0.4 is 5.32 Å². The van der Waals surface area contributed by atoms with Crippen molar-refractivity contribution in [3.63, 3.8) is 0 Å². The van der Waals surface area contributed by atoms with Gasteiger partial charge in [-0.05, 0) is 45.5 Å². The maximum atomic E-state index is 12.2. The topological polar surface area (TPSA) is 75.6 Å². The summed E-state index contributed by atoms with van der Waals surface area (Å²) in [5.41, 5.74) is 6.06. The van der Waals surface area contributed by atoms with E-state index in [1.165, 1.54) is 22.3 Å². The summed E-state index contributed by atoms with van der Waals surface area (Å²) in [6.45, 7) is 0.548. The number of alkyl carbamates (subject to hydrolysis) is 1. The second kappa shape index (κ2) is 9.71. The zero-order chi connectivity index (χ0) is 22.5. The lowest BCUT2D eigenvalue weighted by molar-refractivity contribution is -0.136. The van der Waals surface area contributed by atoms with E-state index < -0.39 is 12.1 Å². The van der Waals surface area contributed by atoms with Crippen LogP contribution in [-0.4, -0.2) is 30.3 Å². The number of carboxylic acid groups (broad SMARTS) is 1. The molecule has 0 radical (unpaired) electrons. The van der Waals surface area contributed by atoms with Gasteiger partial charge in [0, 0.05) is 17.5 Å². The Labute approximate surface area is 191 Å². The van der Waals surface area contributed by atoms with Gasteiger partial charge in [0.2, 0.25) is 0 Å². The van der Waals surface area contributed by atoms with Crippen LogP contribution in [0.1, 0.15) is 28.2 Å². The number of hydrogen-bond acceptors (Lipinski definition) is 3. The van der Waals surface area contributed by atoms with Gasteiger partial charge in [-0.25, -0.2) is 4.79 Å². The molecule has 0 bridgehead atoms. The van der Waals surface area contributed by atoms with Gasteiger partial charge in [-0.2, -0.15) is 0 Å². The van der Waals surface area contributed by atoms with E-state index >= 15 is 0 Å². The molecule has 2 N–H and O–H groups in total. The third kappa shape index (κ3) is 4.84. The molecule has 0 spiro atoms. The molecule has 3 aromatic carbocycles. The number of hydrogen-bond donors (Lipinski definition) is 2. The summed E-state index contributed by atoms with van der Waals surface area (Å²) in [5, 5.41) is 12.1. The second-order valence-corrected chi connectivity index (χ2v) is 7.94. The summed E-state index contributed by atoms with van der Waals surface area (Å²) >= 11 is 6.03. The molecule has 4 rings (SSSR count). The maximum Gasteiger partial charge on any atom is 0.407 e. The fourth-order valence-electron chi connectivity index (χ4n) is 3.98. The van der Waals surface area contributed by atoms with Crippen LogP contribution >= 0.6 is 11.6 Å². The van der Waals surface area contributed by atoms with Crippen molar-refractivity contribution in [1.82, 2.24) is 5.32 Å². The van der Waals surface area contributed by atoms with Crippen molar-refractivity contribution in [2.45, 2.75) is 12.3 Å². The first-order valence-corrected chi connectivity index (χ1v) is 10.7. The normalized spacial score (nSPS) is 12.4.